The maximum Gasteiger partial charge on any atom is 0.411 e. The molecule has 0 bridgehead atoms. The average molecular weight is 395 g/mol. The molecule has 0 radical (unpaired) electrons. The topological polar surface area (TPSA) is 99.6 Å². The van der Waals surface area contributed by atoms with Crippen LogP contribution in [0.5, 0.6) is 5.75 Å². The SMILES string of the molecule is CN1CCCC1CCOC(=O)Nc1cc(OCN=[N+]=[N-])ccc1-c1ccccc1. The van der Waals surface area contributed by atoms with Crippen molar-refractivity contribution < 1.29 is 14.3 Å². The van der Waals surface area contributed by atoms with Crippen LogP contribution in [0.25, 0.3) is 21.6 Å². The highest BCUT2D eigenvalue weighted by Gasteiger charge is 2.21. The fraction of sp³-hybridized carbons (Fsp3) is 0.381. The number of carbonyl (C=O) groups excluding carboxylic acids is 1. The quantitative estimate of drug-likeness (QED) is 0.385. The molecular weight excluding hydrogens is 370 g/mol. The van der Waals surface area contributed by atoms with Gasteiger partial charge < -0.3 is 14.4 Å². The van der Waals surface area contributed by atoms with E-state index in [-0.39, 0.29) is 6.73 Å². The average Bonchev–Trinajstić information content (AvgIpc) is 3.14. The van der Waals surface area contributed by atoms with Crippen LogP contribution < -0.4 is 10.1 Å². The lowest BCUT2D eigenvalue weighted by molar-refractivity contribution is 0.147. The van der Waals surface area contributed by atoms with Crippen LogP contribution >= 0.6 is 0 Å². The van der Waals surface area contributed by atoms with Gasteiger partial charge in [0.15, 0.2) is 6.73 Å². The molecule has 1 N–H and O–H groups in total. The van der Waals surface area contributed by atoms with Crippen LogP contribution in [0.4, 0.5) is 10.5 Å². The lowest BCUT2D eigenvalue weighted by Crippen LogP contribution is -2.27. The van der Waals surface area contributed by atoms with Crippen molar-refractivity contribution in [1.29, 1.82) is 0 Å². The summed E-state index contributed by atoms with van der Waals surface area (Å²) >= 11 is 0. The third-order valence-electron chi connectivity index (χ3n) is 5.02. The minimum Gasteiger partial charge on any atom is -0.487 e. The highest BCUT2D eigenvalue weighted by Crippen LogP contribution is 2.31. The molecular formula is C21H25N5O3. The largest absolute Gasteiger partial charge is 0.487 e. The van der Waals surface area contributed by atoms with Gasteiger partial charge in [0, 0.05) is 22.6 Å². The number of anilines is 1. The maximum atomic E-state index is 12.4. The summed E-state index contributed by atoms with van der Waals surface area (Å²) < 4.78 is 10.8. The van der Waals surface area contributed by atoms with Crippen LogP contribution in [0.1, 0.15) is 19.3 Å². The van der Waals surface area contributed by atoms with Gasteiger partial charge in [-0.15, -0.1) is 0 Å². The Morgan fingerprint density at radius 2 is 2.14 bits per heavy atom. The van der Waals surface area contributed by atoms with E-state index in [2.05, 4.69) is 27.3 Å². The minimum atomic E-state index is -0.505. The molecule has 8 nitrogen and oxygen atoms in total. The summed E-state index contributed by atoms with van der Waals surface area (Å²) in [5.74, 6) is 0.486. The first-order chi connectivity index (χ1) is 14.2. The van der Waals surface area contributed by atoms with E-state index in [1.54, 1.807) is 12.1 Å². The molecule has 0 saturated carbocycles. The van der Waals surface area contributed by atoms with Crippen molar-refractivity contribution in [2.45, 2.75) is 25.3 Å². The zero-order valence-electron chi connectivity index (χ0n) is 16.5. The summed E-state index contributed by atoms with van der Waals surface area (Å²) in [6, 6.07) is 15.5. The highest BCUT2D eigenvalue weighted by molar-refractivity contribution is 5.92. The van der Waals surface area contributed by atoms with Gasteiger partial charge in [0.25, 0.3) is 0 Å². The van der Waals surface area contributed by atoms with Gasteiger partial charge in [-0.1, -0.05) is 35.4 Å². The van der Waals surface area contributed by atoms with Gasteiger partial charge in [-0.25, -0.2) is 4.79 Å². The Balaban J connectivity index is 1.67. The van der Waals surface area contributed by atoms with Crippen molar-refractivity contribution in [3.05, 3.63) is 59.0 Å². The molecule has 2 aromatic carbocycles. The molecule has 29 heavy (non-hydrogen) atoms. The first-order valence-electron chi connectivity index (χ1n) is 9.64. The number of likely N-dealkylation sites (tertiary alicyclic amines) is 1. The van der Waals surface area contributed by atoms with E-state index in [9.17, 15) is 4.79 Å². The Kier molecular flexibility index (Phi) is 7.33. The number of amides is 1. The van der Waals surface area contributed by atoms with E-state index >= 15 is 0 Å². The Hall–Kier alpha value is -3.22. The third-order valence-corrected chi connectivity index (χ3v) is 5.02. The van der Waals surface area contributed by atoms with E-state index in [1.807, 2.05) is 36.4 Å². The fourth-order valence-electron chi connectivity index (χ4n) is 3.49. The summed E-state index contributed by atoms with van der Waals surface area (Å²) in [6.07, 6.45) is 2.65. The summed E-state index contributed by atoms with van der Waals surface area (Å²) in [5.41, 5.74) is 10.8. The Bertz CT molecular complexity index is 868. The van der Waals surface area contributed by atoms with Gasteiger partial charge in [-0.2, -0.15) is 0 Å². The number of azide groups is 1. The van der Waals surface area contributed by atoms with Gasteiger partial charge in [0.2, 0.25) is 0 Å². The van der Waals surface area contributed by atoms with Crippen molar-refractivity contribution >= 4 is 11.8 Å². The lowest BCUT2D eigenvalue weighted by Gasteiger charge is -2.19. The van der Waals surface area contributed by atoms with Crippen LogP contribution in [0.15, 0.2) is 53.6 Å². The second-order valence-electron chi connectivity index (χ2n) is 6.90. The number of ether oxygens (including phenoxy) is 2. The zero-order chi connectivity index (χ0) is 20.5. The number of benzene rings is 2. The molecule has 1 atom stereocenters. The molecule has 1 heterocycles. The van der Waals surface area contributed by atoms with Crippen molar-refractivity contribution in [2.24, 2.45) is 5.11 Å². The molecule has 152 valence electrons. The van der Waals surface area contributed by atoms with E-state index in [4.69, 9.17) is 15.0 Å². The van der Waals surface area contributed by atoms with Gasteiger partial charge in [-0.05, 0) is 56.1 Å². The van der Waals surface area contributed by atoms with Gasteiger partial charge in [0.1, 0.15) is 5.75 Å². The van der Waals surface area contributed by atoms with Crippen molar-refractivity contribution in [3.63, 3.8) is 0 Å². The van der Waals surface area contributed by atoms with Crippen LogP contribution in [-0.4, -0.2) is 44.0 Å². The van der Waals surface area contributed by atoms with Crippen molar-refractivity contribution in [1.82, 2.24) is 4.90 Å². The molecule has 1 saturated heterocycles. The second-order valence-corrected chi connectivity index (χ2v) is 6.90. The summed E-state index contributed by atoms with van der Waals surface area (Å²) in [5, 5.41) is 6.18. The molecule has 0 aromatic heterocycles. The summed E-state index contributed by atoms with van der Waals surface area (Å²) in [4.78, 5) is 17.3. The number of carbonyl (C=O) groups is 1. The van der Waals surface area contributed by atoms with Crippen LogP contribution in [0.2, 0.25) is 0 Å². The number of nitrogens with zero attached hydrogens (tertiary/aromatic N) is 4. The molecule has 2 aromatic rings. The number of hydrogen-bond donors (Lipinski definition) is 1. The third kappa shape index (κ3) is 5.88. The Morgan fingerprint density at radius 1 is 1.31 bits per heavy atom. The first-order valence-corrected chi connectivity index (χ1v) is 9.64. The lowest BCUT2D eigenvalue weighted by atomic mass is 10.0. The molecule has 1 unspecified atom stereocenters. The monoisotopic (exact) mass is 395 g/mol. The molecule has 1 aliphatic heterocycles. The molecule has 3 rings (SSSR count). The number of hydrogen-bond acceptors (Lipinski definition) is 5. The molecule has 1 fully saturated rings. The predicted molar refractivity (Wildman–Crippen MR) is 112 cm³/mol. The minimum absolute atomic E-state index is 0.125. The van der Waals surface area contributed by atoms with Gasteiger partial charge in [-0.3, -0.25) is 5.32 Å². The first kappa shape index (κ1) is 20.5. The fourth-order valence-corrected chi connectivity index (χ4v) is 3.49. The predicted octanol–water partition coefficient (Wildman–Crippen LogP) is 5.03. The smallest absolute Gasteiger partial charge is 0.411 e. The molecule has 0 aliphatic carbocycles. The molecule has 0 spiro atoms. The maximum absolute atomic E-state index is 12.4. The van der Waals surface area contributed by atoms with Gasteiger partial charge in [0.05, 0.1) is 12.3 Å². The second kappa shape index (κ2) is 10.4. The van der Waals surface area contributed by atoms with Crippen molar-refractivity contribution in [3.8, 4) is 16.9 Å². The number of nitrogens with one attached hydrogen (secondary N) is 1. The van der Waals surface area contributed by atoms with Crippen LogP contribution in [0, 0.1) is 0 Å². The summed E-state index contributed by atoms with van der Waals surface area (Å²) in [7, 11) is 2.10. The van der Waals surface area contributed by atoms with E-state index < -0.39 is 6.09 Å². The van der Waals surface area contributed by atoms with Crippen LogP contribution in [0.3, 0.4) is 0 Å². The standard InChI is InChI=1S/C21H25N5O3/c1-26-12-5-8-17(26)11-13-28-21(27)24-20-14-18(29-15-23-25-22)9-10-19(20)16-6-3-2-4-7-16/h2-4,6-7,9-10,14,17H,5,8,11-13,15H2,1H3,(H,24,27). The summed E-state index contributed by atoms with van der Waals surface area (Å²) in [6.45, 7) is 1.34. The van der Waals surface area contributed by atoms with E-state index in [0.29, 0.717) is 24.1 Å². The van der Waals surface area contributed by atoms with Gasteiger partial charge >= 0.3 is 6.09 Å². The highest BCUT2D eigenvalue weighted by atomic mass is 16.5. The Labute approximate surface area is 170 Å². The number of rotatable bonds is 8. The van der Waals surface area contributed by atoms with E-state index in [1.165, 1.54) is 6.42 Å². The van der Waals surface area contributed by atoms with Crippen LogP contribution in [-0.2, 0) is 4.74 Å². The van der Waals surface area contributed by atoms with E-state index in [0.717, 1.165) is 30.5 Å². The molecule has 8 heteroatoms. The van der Waals surface area contributed by atoms with Crippen molar-refractivity contribution in [2.75, 3.05) is 32.2 Å². The normalized spacial score (nSPS) is 16.1. The molecule has 1 aliphatic rings. The molecule has 1 amide bonds. The Morgan fingerprint density at radius 3 is 2.86 bits per heavy atom. The zero-order valence-corrected chi connectivity index (χ0v) is 16.5.